The van der Waals surface area contributed by atoms with Crippen molar-refractivity contribution < 1.29 is 4.39 Å². The molecule has 4 aromatic rings. The lowest BCUT2D eigenvalue weighted by Crippen LogP contribution is -2.13. The Kier molecular flexibility index (Phi) is 5.73. The van der Waals surface area contributed by atoms with E-state index in [1.165, 1.54) is 34.8 Å². The van der Waals surface area contributed by atoms with Crippen molar-refractivity contribution in [3.8, 4) is 0 Å². The summed E-state index contributed by atoms with van der Waals surface area (Å²) in [5, 5.41) is 4.34. The highest BCUT2D eigenvalue weighted by Crippen LogP contribution is 2.25. The fraction of sp³-hybridized carbons (Fsp3) is 0.130. The molecule has 0 aliphatic carbocycles. The minimum absolute atomic E-state index is 0.107. The molecule has 0 spiro atoms. The van der Waals surface area contributed by atoms with Crippen LogP contribution in [0.4, 0.5) is 9.52 Å². The molecule has 1 unspecified atom stereocenters. The number of halogens is 1. The van der Waals surface area contributed by atoms with Crippen LogP contribution in [0.3, 0.4) is 0 Å². The number of hydrogen-bond acceptors (Lipinski definition) is 4. The van der Waals surface area contributed by atoms with Gasteiger partial charge in [0.2, 0.25) is 5.13 Å². The molecule has 0 saturated carbocycles. The van der Waals surface area contributed by atoms with Crippen LogP contribution in [-0.4, -0.2) is 9.36 Å². The van der Waals surface area contributed by atoms with Crippen molar-refractivity contribution >= 4 is 16.7 Å². The zero-order chi connectivity index (χ0) is 19.2. The third-order valence-corrected chi connectivity index (χ3v) is 5.21. The molecular formula is C23H20FN3S. The lowest BCUT2D eigenvalue weighted by molar-refractivity contribution is 0.627. The van der Waals surface area contributed by atoms with Crippen LogP contribution in [0.5, 0.6) is 0 Å². The quantitative estimate of drug-likeness (QED) is 0.443. The van der Waals surface area contributed by atoms with Gasteiger partial charge >= 0.3 is 0 Å². The third kappa shape index (κ3) is 4.81. The Bertz CT molecular complexity index is 1000. The van der Waals surface area contributed by atoms with E-state index >= 15 is 0 Å². The maximum atomic E-state index is 13.1. The van der Waals surface area contributed by atoms with Crippen LogP contribution in [0.1, 0.15) is 28.6 Å². The Morgan fingerprint density at radius 2 is 1.50 bits per heavy atom. The topological polar surface area (TPSA) is 37.8 Å². The Hall–Kier alpha value is -3.05. The predicted molar refractivity (Wildman–Crippen MR) is 112 cm³/mol. The molecule has 4 rings (SSSR count). The minimum Gasteiger partial charge on any atom is -0.353 e. The lowest BCUT2D eigenvalue weighted by Gasteiger charge is -2.18. The number of rotatable bonds is 7. The Morgan fingerprint density at radius 1 is 0.821 bits per heavy atom. The molecule has 1 aromatic heterocycles. The normalized spacial score (nSPS) is 11.9. The molecule has 28 heavy (non-hydrogen) atoms. The summed E-state index contributed by atoms with van der Waals surface area (Å²) in [6.07, 6.45) is 1.45. The molecular weight excluding hydrogens is 369 g/mol. The molecule has 140 valence electrons. The van der Waals surface area contributed by atoms with Gasteiger partial charge in [0, 0.05) is 18.0 Å². The summed E-state index contributed by atoms with van der Waals surface area (Å²) in [5.41, 5.74) is 3.47. The maximum Gasteiger partial charge on any atom is 0.203 e. The molecule has 1 atom stereocenters. The van der Waals surface area contributed by atoms with Crippen molar-refractivity contribution in [1.29, 1.82) is 0 Å². The van der Waals surface area contributed by atoms with Crippen molar-refractivity contribution in [1.82, 2.24) is 9.36 Å². The summed E-state index contributed by atoms with van der Waals surface area (Å²) in [5.74, 6) is 0.509. The van der Waals surface area contributed by atoms with Gasteiger partial charge in [0.25, 0.3) is 0 Å². The van der Waals surface area contributed by atoms with Gasteiger partial charge in [0.1, 0.15) is 11.6 Å². The smallest absolute Gasteiger partial charge is 0.203 e. The van der Waals surface area contributed by atoms with E-state index in [9.17, 15) is 4.39 Å². The van der Waals surface area contributed by atoms with Gasteiger partial charge in [-0.1, -0.05) is 72.8 Å². The van der Waals surface area contributed by atoms with Gasteiger partial charge in [-0.3, -0.25) is 0 Å². The van der Waals surface area contributed by atoms with Crippen LogP contribution < -0.4 is 5.32 Å². The monoisotopic (exact) mass is 389 g/mol. The van der Waals surface area contributed by atoms with Gasteiger partial charge in [0.05, 0.1) is 6.04 Å². The summed E-state index contributed by atoms with van der Waals surface area (Å²) in [4.78, 5) is 4.64. The average molecular weight is 389 g/mol. The first-order chi connectivity index (χ1) is 13.8. The Morgan fingerprint density at radius 3 is 2.21 bits per heavy atom. The molecule has 0 aliphatic rings. The highest BCUT2D eigenvalue weighted by molar-refractivity contribution is 7.09. The zero-order valence-electron chi connectivity index (χ0n) is 15.3. The average Bonchev–Trinajstić information content (AvgIpc) is 3.17. The molecule has 0 fully saturated rings. The van der Waals surface area contributed by atoms with E-state index in [4.69, 9.17) is 0 Å². The van der Waals surface area contributed by atoms with Gasteiger partial charge in [0.15, 0.2) is 0 Å². The van der Waals surface area contributed by atoms with Gasteiger partial charge in [-0.05, 0) is 35.2 Å². The van der Waals surface area contributed by atoms with Gasteiger partial charge in [-0.2, -0.15) is 4.37 Å². The van der Waals surface area contributed by atoms with Gasteiger partial charge in [-0.25, -0.2) is 9.37 Å². The number of nitrogens with zero attached hydrogens (tertiary/aromatic N) is 2. The number of aromatic nitrogens is 2. The van der Waals surface area contributed by atoms with Crippen molar-refractivity contribution in [2.45, 2.75) is 18.9 Å². The second-order valence-corrected chi connectivity index (χ2v) is 7.37. The summed E-state index contributed by atoms with van der Waals surface area (Å²) >= 11 is 1.36. The third-order valence-electron chi connectivity index (χ3n) is 4.53. The van der Waals surface area contributed by atoms with Crippen molar-refractivity contribution in [3.05, 3.63) is 113 Å². The van der Waals surface area contributed by atoms with E-state index in [2.05, 4.69) is 63.2 Å². The largest absolute Gasteiger partial charge is 0.353 e. The minimum atomic E-state index is -0.232. The highest BCUT2D eigenvalue weighted by atomic mass is 32.1. The summed E-state index contributed by atoms with van der Waals surface area (Å²) < 4.78 is 17.5. The lowest BCUT2D eigenvalue weighted by atomic mass is 9.99. The fourth-order valence-corrected chi connectivity index (χ4v) is 3.74. The molecule has 3 nitrogen and oxygen atoms in total. The van der Waals surface area contributed by atoms with Crippen molar-refractivity contribution in [2.24, 2.45) is 0 Å². The van der Waals surface area contributed by atoms with E-state index in [0.29, 0.717) is 6.42 Å². The SMILES string of the molecule is Fc1ccc(Cc2nsc(NC(Cc3ccccc3)c3ccccc3)n2)cc1. The van der Waals surface area contributed by atoms with Crippen LogP contribution in [-0.2, 0) is 12.8 Å². The summed E-state index contributed by atoms with van der Waals surface area (Å²) in [6.45, 7) is 0. The van der Waals surface area contributed by atoms with Crippen LogP contribution in [0.15, 0.2) is 84.9 Å². The maximum absolute atomic E-state index is 13.1. The first-order valence-electron chi connectivity index (χ1n) is 9.19. The molecule has 0 radical (unpaired) electrons. The zero-order valence-corrected chi connectivity index (χ0v) is 16.1. The molecule has 5 heteroatoms. The standard InChI is InChI=1S/C23H20FN3S/c24-20-13-11-18(12-14-20)16-22-26-23(28-27-22)25-21(19-9-5-2-6-10-19)15-17-7-3-1-4-8-17/h1-14,21H,15-16H2,(H,25,26,27). The highest BCUT2D eigenvalue weighted by Gasteiger charge is 2.15. The van der Waals surface area contributed by atoms with E-state index in [1.54, 1.807) is 12.1 Å². The summed E-state index contributed by atoms with van der Waals surface area (Å²) in [7, 11) is 0. The van der Waals surface area contributed by atoms with Crippen LogP contribution in [0, 0.1) is 5.82 Å². The Labute approximate surface area is 168 Å². The second kappa shape index (κ2) is 8.76. The number of hydrogen-bond donors (Lipinski definition) is 1. The fourth-order valence-electron chi connectivity index (χ4n) is 3.11. The Balaban J connectivity index is 1.50. The second-order valence-electron chi connectivity index (χ2n) is 6.62. The molecule has 0 amide bonds. The first kappa shape index (κ1) is 18.3. The molecule has 1 N–H and O–H groups in total. The number of benzene rings is 3. The van der Waals surface area contributed by atoms with Crippen LogP contribution >= 0.6 is 11.5 Å². The van der Waals surface area contributed by atoms with Crippen molar-refractivity contribution in [3.63, 3.8) is 0 Å². The van der Waals surface area contributed by atoms with E-state index in [-0.39, 0.29) is 11.9 Å². The number of nitrogens with one attached hydrogen (secondary N) is 1. The van der Waals surface area contributed by atoms with E-state index < -0.39 is 0 Å². The molecule has 0 saturated heterocycles. The predicted octanol–water partition coefficient (Wildman–Crippen LogP) is 5.66. The molecule has 3 aromatic carbocycles. The number of anilines is 1. The van der Waals surface area contributed by atoms with E-state index in [1.807, 2.05) is 12.1 Å². The first-order valence-corrected chi connectivity index (χ1v) is 9.96. The molecule has 1 heterocycles. The van der Waals surface area contributed by atoms with E-state index in [0.717, 1.165) is 22.9 Å². The molecule has 0 bridgehead atoms. The summed E-state index contributed by atoms with van der Waals surface area (Å²) in [6, 6.07) is 27.4. The molecule has 0 aliphatic heterocycles. The van der Waals surface area contributed by atoms with Crippen LogP contribution in [0.25, 0.3) is 0 Å². The van der Waals surface area contributed by atoms with Gasteiger partial charge in [-0.15, -0.1) is 0 Å². The van der Waals surface area contributed by atoms with Crippen LogP contribution in [0.2, 0.25) is 0 Å². The van der Waals surface area contributed by atoms with Gasteiger partial charge < -0.3 is 5.32 Å². The van der Waals surface area contributed by atoms with Crippen molar-refractivity contribution in [2.75, 3.05) is 5.32 Å².